The maximum atomic E-state index is 11.9. The van der Waals surface area contributed by atoms with Crippen molar-refractivity contribution in [2.45, 2.75) is 13.5 Å². The summed E-state index contributed by atoms with van der Waals surface area (Å²) in [6, 6.07) is 5.24. The molecule has 0 atom stereocenters. The Morgan fingerprint density at radius 3 is 2.62 bits per heavy atom. The summed E-state index contributed by atoms with van der Waals surface area (Å²) in [5, 5.41) is 2.61. The Hall–Kier alpha value is -2.83. The van der Waals surface area contributed by atoms with Gasteiger partial charge in [-0.2, -0.15) is 0 Å². The highest BCUT2D eigenvalue weighted by Crippen LogP contribution is 2.19. The minimum atomic E-state index is -0.743. The minimum absolute atomic E-state index is 0.248. The van der Waals surface area contributed by atoms with E-state index in [1.165, 1.54) is 19.4 Å². The molecule has 110 valence electrons. The molecule has 0 aliphatic heterocycles. The number of aryl methyl sites for hydroxylation is 2. The number of aromatic nitrogens is 2. The van der Waals surface area contributed by atoms with Crippen molar-refractivity contribution in [2.75, 3.05) is 11.1 Å². The molecule has 0 aliphatic carbocycles. The van der Waals surface area contributed by atoms with Gasteiger partial charge in [-0.25, -0.2) is 0 Å². The zero-order valence-electron chi connectivity index (χ0n) is 11.8. The molecule has 7 heteroatoms. The van der Waals surface area contributed by atoms with Gasteiger partial charge in [-0.05, 0) is 24.6 Å². The van der Waals surface area contributed by atoms with Crippen LogP contribution in [-0.2, 0) is 18.4 Å². The normalized spacial score (nSPS) is 10.4. The van der Waals surface area contributed by atoms with Crippen molar-refractivity contribution in [2.24, 2.45) is 7.05 Å². The van der Waals surface area contributed by atoms with Crippen LogP contribution in [0.25, 0.3) is 0 Å². The van der Waals surface area contributed by atoms with Crippen molar-refractivity contribution in [3.8, 4) is 0 Å². The van der Waals surface area contributed by atoms with Gasteiger partial charge in [0, 0.05) is 19.4 Å². The largest absolute Gasteiger partial charge is 0.397 e. The number of benzene rings is 1. The molecule has 0 aliphatic rings. The second kappa shape index (κ2) is 5.66. The molecular weight excluding hydrogens is 272 g/mol. The Labute approximate surface area is 120 Å². The van der Waals surface area contributed by atoms with Crippen LogP contribution in [0.5, 0.6) is 0 Å². The number of nitrogen functional groups attached to an aromatic ring is 1. The molecule has 1 amide bonds. The second-order valence-electron chi connectivity index (χ2n) is 4.79. The van der Waals surface area contributed by atoms with Crippen LogP contribution < -0.4 is 22.2 Å². The molecular formula is C14H16N4O3. The first-order valence-corrected chi connectivity index (χ1v) is 6.30. The van der Waals surface area contributed by atoms with E-state index in [-0.39, 0.29) is 6.54 Å². The minimum Gasteiger partial charge on any atom is -0.397 e. The van der Waals surface area contributed by atoms with Gasteiger partial charge in [0.1, 0.15) is 6.54 Å². The van der Waals surface area contributed by atoms with Crippen LogP contribution in [0.3, 0.4) is 0 Å². The van der Waals surface area contributed by atoms with E-state index in [0.29, 0.717) is 11.4 Å². The summed E-state index contributed by atoms with van der Waals surface area (Å²) in [5.41, 5.74) is 6.27. The SMILES string of the molecule is Cc1ccc(NC(=O)Cn2ccn(C)c(=O)c2=O)c(N)c1. The predicted octanol–water partition coefficient (Wildman–Crippen LogP) is 0.0763. The number of carbonyl (C=O) groups is 1. The van der Waals surface area contributed by atoms with Gasteiger partial charge in [-0.1, -0.05) is 6.07 Å². The number of nitrogens with two attached hydrogens (primary N) is 1. The number of carbonyl (C=O) groups excluding carboxylic acids is 1. The lowest BCUT2D eigenvalue weighted by Crippen LogP contribution is -2.41. The van der Waals surface area contributed by atoms with E-state index in [1.54, 1.807) is 12.1 Å². The van der Waals surface area contributed by atoms with Crippen LogP contribution >= 0.6 is 0 Å². The molecule has 1 heterocycles. The first kappa shape index (κ1) is 14.6. The van der Waals surface area contributed by atoms with Crippen molar-refractivity contribution in [1.82, 2.24) is 9.13 Å². The van der Waals surface area contributed by atoms with Crippen molar-refractivity contribution >= 4 is 17.3 Å². The van der Waals surface area contributed by atoms with Gasteiger partial charge in [0.2, 0.25) is 5.91 Å². The van der Waals surface area contributed by atoms with Crippen molar-refractivity contribution in [3.63, 3.8) is 0 Å². The second-order valence-corrected chi connectivity index (χ2v) is 4.79. The summed E-state index contributed by atoms with van der Waals surface area (Å²) in [6.07, 6.45) is 2.82. The van der Waals surface area contributed by atoms with E-state index in [1.807, 2.05) is 13.0 Å². The molecule has 1 aromatic carbocycles. The van der Waals surface area contributed by atoms with Crippen LogP contribution in [0.2, 0.25) is 0 Å². The fourth-order valence-corrected chi connectivity index (χ4v) is 1.85. The van der Waals surface area contributed by atoms with Crippen LogP contribution in [0, 0.1) is 6.92 Å². The van der Waals surface area contributed by atoms with Gasteiger partial charge in [0.05, 0.1) is 11.4 Å². The average molecular weight is 288 g/mol. The molecule has 0 unspecified atom stereocenters. The summed E-state index contributed by atoms with van der Waals surface area (Å²) in [4.78, 5) is 35.1. The van der Waals surface area contributed by atoms with Crippen molar-refractivity contribution in [3.05, 3.63) is 56.9 Å². The molecule has 0 fully saturated rings. The Kier molecular flexibility index (Phi) is 3.93. The predicted molar refractivity (Wildman–Crippen MR) is 80.2 cm³/mol. The fourth-order valence-electron chi connectivity index (χ4n) is 1.85. The number of anilines is 2. The van der Waals surface area contributed by atoms with Gasteiger partial charge in [-0.15, -0.1) is 0 Å². The number of hydrogen-bond donors (Lipinski definition) is 2. The molecule has 0 spiro atoms. The number of hydrogen-bond acceptors (Lipinski definition) is 4. The molecule has 2 aromatic rings. The Bertz CT molecular complexity index is 805. The van der Waals surface area contributed by atoms with Gasteiger partial charge < -0.3 is 15.6 Å². The third-order valence-corrected chi connectivity index (χ3v) is 3.03. The van der Waals surface area contributed by atoms with E-state index in [2.05, 4.69) is 5.32 Å². The fraction of sp³-hybridized carbons (Fsp3) is 0.214. The van der Waals surface area contributed by atoms with Crippen LogP contribution in [-0.4, -0.2) is 15.0 Å². The zero-order chi connectivity index (χ0) is 15.6. The molecule has 0 saturated carbocycles. The van der Waals surface area contributed by atoms with E-state index in [9.17, 15) is 14.4 Å². The van der Waals surface area contributed by atoms with E-state index in [4.69, 9.17) is 5.73 Å². The van der Waals surface area contributed by atoms with Crippen LogP contribution in [0.1, 0.15) is 5.56 Å². The van der Waals surface area contributed by atoms with E-state index < -0.39 is 17.0 Å². The first-order chi connectivity index (χ1) is 9.88. The monoisotopic (exact) mass is 288 g/mol. The molecule has 2 rings (SSSR count). The Balaban J connectivity index is 2.18. The highest BCUT2D eigenvalue weighted by molar-refractivity contribution is 5.93. The molecule has 1 aromatic heterocycles. The summed E-state index contributed by atoms with van der Waals surface area (Å²) >= 11 is 0. The van der Waals surface area contributed by atoms with Crippen molar-refractivity contribution < 1.29 is 4.79 Å². The number of rotatable bonds is 3. The quantitative estimate of drug-likeness (QED) is 0.617. The third kappa shape index (κ3) is 3.19. The van der Waals surface area contributed by atoms with Gasteiger partial charge in [0.15, 0.2) is 0 Å². The standard InChI is InChI=1S/C14H16N4O3/c1-9-3-4-11(10(15)7-9)16-12(19)8-18-6-5-17(2)13(20)14(18)21/h3-7H,8,15H2,1-2H3,(H,16,19). The highest BCUT2D eigenvalue weighted by Gasteiger charge is 2.09. The summed E-state index contributed by atoms with van der Waals surface area (Å²) < 4.78 is 2.22. The van der Waals surface area contributed by atoms with Gasteiger partial charge >= 0.3 is 11.1 Å². The maximum Gasteiger partial charge on any atom is 0.316 e. The highest BCUT2D eigenvalue weighted by atomic mass is 16.2. The lowest BCUT2D eigenvalue weighted by Gasteiger charge is -2.10. The summed E-state index contributed by atoms with van der Waals surface area (Å²) in [6.45, 7) is 1.64. The average Bonchev–Trinajstić information content (AvgIpc) is 2.43. The van der Waals surface area contributed by atoms with Crippen LogP contribution in [0.15, 0.2) is 40.2 Å². The summed E-state index contributed by atoms with van der Waals surface area (Å²) in [5.74, 6) is -0.430. The van der Waals surface area contributed by atoms with Crippen molar-refractivity contribution in [1.29, 1.82) is 0 Å². The molecule has 21 heavy (non-hydrogen) atoms. The number of nitrogens with one attached hydrogen (secondary N) is 1. The Morgan fingerprint density at radius 1 is 1.24 bits per heavy atom. The Morgan fingerprint density at radius 2 is 1.95 bits per heavy atom. The topological polar surface area (TPSA) is 99.1 Å². The lowest BCUT2D eigenvalue weighted by atomic mass is 10.2. The van der Waals surface area contributed by atoms with Crippen LogP contribution in [0.4, 0.5) is 11.4 Å². The van der Waals surface area contributed by atoms with Gasteiger partial charge in [0.25, 0.3) is 0 Å². The molecule has 3 N–H and O–H groups in total. The zero-order valence-corrected chi connectivity index (χ0v) is 11.8. The maximum absolute atomic E-state index is 11.9. The first-order valence-electron chi connectivity index (χ1n) is 6.30. The van der Waals surface area contributed by atoms with E-state index in [0.717, 1.165) is 14.7 Å². The molecule has 0 radical (unpaired) electrons. The number of amides is 1. The lowest BCUT2D eigenvalue weighted by molar-refractivity contribution is -0.116. The van der Waals surface area contributed by atoms with Gasteiger partial charge in [-0.3, -0.25) is 19.0 Å². The smallest absolute Gasteiger partial charge is 0.316 e. The summed E-state index contributed by atoms with van der Waals surface area (Å²) in [7, 11) is 1.47. The molecule has 0 saturated heterocycles. The third-order valence-electron chi connectivity index (χ3n) is 3.03. The van der Waals surface area contributed by atoms with E-state index >= 15 is 0 Å². The molecule has 7 nitrogen and oxygen atoms in total. The molecule has 0 bridgehead atoms. The number of nitrogens with zero attached hydrogens (tertiary/aromatic N) is 2.